The summed E-state index contributed by atoms with van der Waals surface area (Å²) in [4.78, 5) is 3.44. The molecule has 1 aromatic rings. The highest BCUT2D eigenvalue weighted by atomic mass is 14.7. The van der Waals surface area contributed by atoms with Gasteiger partial charge in [0.05, 0.1) is 0 Å². The first-order valence-electron chi connectivity index (χ1n) is 23.9. The normalized spacial score (nSPS) is 12.0. The van der Waals surface area contributed by atoms with Crippen LogP contribution in [0, 0.1) is 0 Å². The molecule has 0 aliphatic carbocycles. The van der Waals surface area contributed by atoms with Crippen LogP contribution in [-0.2, 0) is 0 Å². The van der Waals surface area contributed by atoms with E-state index in [1.165, 1.54) is 268 Å². The van der Waals surface area contributed by atoms with E-state index in [9.17, 15) is 0 Å². The maximum absolute atomic E-state index is 3.44. The zero-order valence-corrected chi connectivity index (χ0v) is 35.2. The Morgan fingerprint density at radius 2 is 0.588 bits per heavy atom. The van der Waals surface area contributed by atoms with E-state index in [0.29, 0.717) is 0 Å². The van der Waals surface area contributed by atoms with Gasteiger partial charge in [-0.05, 0) is 43.4 Å². The Balaban J connectivity index is 1.83. The topological polar surface area (TPSA) is 15.8 Å². The number of hydrogen-bond donors (Lipinski definition) is 1. The molecule has 0 aromatic carbocycles. The van der Waals surface area contributed by atoms with Crippen LogP contribution in [0.3, 0.4) is 0 Å². The number of allylic oxidation sites excluding steroid dienone is 2. The van der Waals surface area contributed by atoms with Gasteiger partial charge in [-0.25, -0.2) is 0 Å². The van der Waals surface area contributed by atoms with Crippen LogP contribution in [0.4, 0.5) is 0 Å². The van der Waals surface area contributed by atoms with Gasteiger partial charge >= 0.3 is 0 Å². The lowest BCUT2D eigenvalue weighted by atomic mass is 10.0. The summed E-state index contributed by atoms with van der Waals surface area (Å²) in [5.74, 6) is 0. The third-order valence-electron chi connectivity index (χ3n) is 11.3. The maximum Gasteiger partial charge on any atom is 0.0450 e. The van der Waals surface area contributed by atoms with Gasteiger partial charge in [0.2, 0.25) is 0 Å². The van der Waals surface area contributed by atoms with Crippen molar-refractivity contribution in [3.63, 3.8) is 0 Å². The Labute approximate surface area is 322 Å². The predicted octanol–water partition coefficient (Wildman–Crippen LogP) is 18.7. The number of unbranched alkanes of at least 4 members (excludes halogenated alkanes) is 38. The second kappa shape index (κ2) is 41.5. The van der Waals surface area contributed by atoms with Crippen molar-refractivity contribution in [1.82, 2.24) is 4.98 Å². The van der Waals surface area contributed by atoms with Crippen LogP contribution in [-0.4, -0.2) is 4.98 Å². The van der Waals surface area contributed by atoms with Crippen LogP contribution in [0.15, 0.2) is 24.4 Å². The van der Waals surface area contributed by atoms with Crippen LogP contribution in [0.2, 0.25) is 0 Å². The van der Waals surface area contributed by atoms with Crippen molar-refractivity contribution in [3.8, 4) is 0 Å². The van der Waals surface area contributed by atoms with Gasteiger partial charge in [0.1, 0.15) is 0 Å². The van der Waals surface area contributed by atoms with E-state index in [-0.39, 0.29) is 0 Å². The van der Waals surface area contributed by atoms with E-state index in [1.807, 2.05) is 0 Å². The molecule has 0 bridgehead atoms. The van der Waals surface area contributed by atoms with E-state index < -0.39 is 0 Å². The molecule has 0 atom stereocenters. The molecule has 0 saturated heterocycles. The molecule has 0 aliphatic rings. The molecule has 51 heavy (non-hydrogen) atoms. The molecular formula is C50H93N. The van der Waals surface area contributed by atoms with E-state index >= 15 is 0 Å². The summed E-state index contributed by atoms with van der Waals surface area (Å²) in [6.07, 6.45) is 68.9. The van der Waals surface area contributed by atoms with Gasteiger partial charge in [-0.1, -0.05) is 263 Å². The van der Waals surface area contributed by atoms with E-state index in [4.69, 9.17) is 0 Å². The summed E-state index contributed by atoms with van der Waals surface area (Å²) in [6.45, 7) is 4.61. The van der Waals surface area contributed by atoms with Crippen molar-refractivity contribution in [2.24, 2.45) is 0 Å². The van der Waals surface area contributed by atoms with Crippen LogP contribution >= 0.6 is 0 Å². The second-order valence-electron chi connectivity index (χ2n) is 16.5. The Hall–Kier alpha value is -1.24. The molecule has 1 heteroatoms. The van der Waals surface area contributed by atoms with E-state index in [0.717, 1.165) is 0 Å². The zero-order valence-electron chi connectivity index (χ0n) is 35.2. The summed E-state index contributed by atoms with van der Waals surface area (Å²) in [7, 11) is 0. The van der Waals surface area contributed by atoms with Gasteiger partial charge in [0.15, 0.2) is 0 Å². The maximum atomic E-state index is 3.44. The number of nitrogens with one attached hydrogen (secondary N) is 1. The fraction of sp³-hybridized carbons (Fsp3) is 0.840. The third kappa shape index (κ3) is 35.6. The van der Waals surface area contributed by atoms with Crippen molar-refractivity contribution in [3.05, 3.63) is 35.7 Å². The first-order valence-corrected chi connectivity index (χ1v) is 23.9. The molecule has 0 spiro atoms. The lowest BCUT2D eigenvalue weighted by Crippen LogP contribution is -1.84. The first kappa shape index (κ1) is 47.8. The van der Waals surface area contributed by atoms with Crippen molar-refractivity contribution in [2.75, 3.05) is 0 Å². The molecule has 0 saturated carbocycles. The molecule has 1 N–H and O–H groups in total. The summed E-state index contributed by atoms with van der Waals surface area (Å²) >= 11 is 0. The molecule has 0 amide bonds. The van der Waals surface area contributed by atoms with Gasteiger partial charge < -0.3 is 4.98 Å². The van der Waals surface area contributed by atoms with Crippen molar-refractivity contribution in [1.29, 1.82) is 0 Å². The SMILES string of the molecule is CCCCCCCCCCCCCCCCCCCCCC=Cc1cc[nH]c1C=CCCCCCCCCCCCCCCCCCCCCC. The summed E-state index contributed by atoms with van der Waals surface area (Å²) < 4.78 is 0. The molecule has 0 aliphatic heterocycles. The summed E-state index contributed by atoms with van der Waals surface area (Å²) in [5, 5.41) is 0. The number of hydrogen-bond acceptors (Lipinski definition) is 0. The largest absolute Gasteiger partial charge is 0.361 e. The highest BCUT2D eigenvalue weighted by Gasteiger charge is 1.99. The quantitative estimate of drug-likeness (QED) is 0.0651. The Bertz CT molecular complexity index is 763. The lowest BCUT2D eigenvalue weighted by Gasteiger charge is -2.04. The minimum atomic E-state index is 1.21. The molecule has 298 valence electrons. The first-order chi connectivity index (χ1) is 25.4. The van der Waals surface area contributed by atoms with Gasteiger partial charge in [0, 0.05) is 11.9 Å². The number of aromatic amines is 1. The highest BCUT2D eigenvalue weighted by Crippen LogP contribution is 2.18. The molecule has 0 radical (unpaired) electrons. The molecule has 1 nitrogen and oxygen atoms in total. The van der Waals surface area contributed by atoms with Crippen LogP contribution < -0.4 is 0 Å². The lowest BCUT2D eigenvalue weighted by molar-refractivity contribution is 0.523. The minimum Gasteiger partial charge on any atom is -0.361 e. The monoisotopic (exact) mass is 708 g/mol. The predicted molar refractivity (Wildman–Crippen MR) is 235 cm³/mol. The third-order valence-corrected chi connectivity index (χ3v) is 11.3. The minimum absolute atomic E-state index is 1.21. The second-order valence-corrected chi connectivity index (χ2v) is 16.5. The van der Waals surface area contributed by atoms with Gasteiger partial charge in [-0.2, -0.15) is 0 Å². The smallest absolute Gasteiger partial charge is 0.0450 e. The van der Waals surface area contributed by atoms with Gasteiger partial charge in [-0.15, -0.1) is 0 Å². The van der Waals surface area contributed by atoms with Gasteiger partial charge in [0.25, 0.3) is 0 Å². The Morgan fingerprint density at radius 1 is 0.333 bits per heavy atom. The summed E-state index contributed by atoms with van der Waals surface area (Å²) in [5.41, 5.74) is 2.62. The molecule has 1 rings (SSSR count). The standard InChI is InChI=1S/C50H93N/c1-3-5-7-9-11-13-15-17-19-21-23-25-27-29-31-33-35-37-39-41-43-45-49-47-48-51-50(49)46-44-42-40-38-36-34-32-30-28-26-24-22-20-18-16-14-12-10-8-6-4-2/h43-48,51H,3-42H2,1-2H3. The number of rotatable bonds is 42. The van der Waals surface area contributed by atoms with Crippen molar-refractivity contribution >= 4 is 12.2 Å². The summed E-state index contributed by atoms with van der Waals surface area (Å²) in [6, 6.07) is 2.23. The van der Waals surface area contributed by atoms with Crippen LogP contribution in [0.1, 0.15) is 282 Å². The zero-order chi connectivity index (χ0) is 36.4. The average Bonchev–Trinajstić information content (AvgIpc) is 3.59. The Kier molecular flexibility index (Phi) is 38.9. The highest BCUT2D eigenvalue weighted by molar-refractivity contribution is 5.62. The van der Waals surface area contributed by atoms with Crippen LogP contribution in [0.5, 0.6) is 0 Å². The number of H-pyrrole nitrogens is 1. The van der Waals surface area contributed by atoms with Crippen LogP contribution in [0.25, 0.3) is 12.2 Å². The molecular weight excluding hydrogens is 615 g/mol. The Morgan fingerprint density at radius 3 is 0.882 bits per heavy atom. The fourth-order valence-corrected chi connectivity index (χ4v) is 7.78. The van der Waals surface area contributed by atoms with Crippen molar-refractivity contribution < 1.29 is 0 Å². The van der Waals surface area contributed by atoms with E-state index in [1.54, 1.807) is 0 Å². The van der Waals surface area contributed by atoms with E-state index in [2.05, 4.69) is 55.4 Å². The van der Waals surface area contributed by atoms with Crippen molar-refractivity contribution in [2.45, 2.75) is 271 Å². The van der Waals surface area contributed by atoms with Gasteiger partial charge in [-0.3, -0.25) is 0 Å². The average molecular weight is 708 g/mol. The molecule has 1 heterocycles. The molecule has 0 fully saturated rings. The molecule has 0 unspecified atom stereocenters. The fourth-order valence-electron chi connectivity index (χ4n) is 7.78. The molecule has 1 aromatic heterocycles. The number of aromatic nitrogens is 1.